The van der Waals surface area contributed by atoms with Gasteiger partial charge in [-0.05, 0) is 35.7 Å². The van der Waals surface area contributed by atoms with Gasteiger partial charge in [-0.15, -0.1) is 0 Å². The van der Waals surface area contributed by atoms with E-state index in [2.05, 4.69) is 24.9 Å². The molecule has 0 N–H and O–H groups in total. The van der Waals surface area contributed by atoms with Crippen molar-refractivity contribution in [3.63, 3.8) is 0 Å². The predicted molar refractivity (Wildman–Crippen MR) is 85.5 cm³/mol. The standard InChI is InChI=1S/C17H19N3O/c1-11(2)12-7-8-18-14(9-12)13-5-6-15-16(10-13)20(4)17(21)19(15)3/h5-11H,1-4H3. The summed E-state index contributed by atoms with van der Waals surface area (Å²) in [5, 5.41) is 0. The first-order chi connectivity index (χ1) is 9.99. The molecule has 0 amide bonds. The first-order valence-electron chi connectivity index (χ1n) is 7.11. The van der Waals surface area contributed by atoms with Crippen molar-refractivity contribution in [1.29, 1.82) is 0 Å². The SMILES string of the molecule is CC(C)c1ccnc(-c2ccc3c(c2)n(C)c(=O)n3C)c1. The van der Waals surface area contributed by atoms with Crippen LogP contribution in [-0.4, -0.2) is 14.1 Å². The lowest BCUT2D eigenvalue weighted by molar-refractivity contribution is 0.795. The molecule has 0 bridgehead atoms. The Labute approximate surface area is 123 Å². The van der Waals surface area contributed by atoms with Crippen molar-refractivity contribution < 1.29 is 0 Å². The molecule has 0 spiro atoms. The first kappa shape index (κ1) is 13.6. The first-order valence-corrected chi connectivity index (χ1v) is 7.11. The number of nitrogens with zero attached hydrogens (tertiary/aromatic N) is 3. The predicted octanol–water partition coefficient (Wildman–Crippen LogP) is 3.06. The van der Waals surface area contributed by atoms with E-state index in [0.29, 0.717) is 5.92 Å². The number of hydrogen-bond donors (Lipinski definition) is 0. The Bertz CT molecular complexity index is 871. The zero-order valence-corrected chi connectivity index (χ0v) is 12.8. The molecule has 2 heterocycles. The van der Waals surface area contributed by atoms with Crippen LogP contribution in [0.3, 0.4) is 0 Å². The molecule has 2 aromatic heterocycles. The number of aryl methyl sites for hydroxylation is 2. The van der Waals surface area contributed by atoms with E-state index >= 15 is 0 Å². The van der Waals surface area contributed by atoms with Crippen LogP contribution in [0.25, 0.3) is 22.3 Å². The third-order valence-electron chi connectivity index (χ3n) is 4.02. The molecule has 4 heteroatoms. The van der Waals surface area contributed by atoms with Gasteiger partial charge >= 0.3 is 5.69 Å². The van der Waals surface area contributed by atoms with Gasteiger partial charge in [-0.3, -0.25) is 14.1 Å². The van der Waals surface area contributed by atoms with E-state index < -0.39 is 0 Å². The fraction of sp³-hybridized carbons (Fsp3) is 0.294. The van der Waals surface area contributed by atoms with Crippen molar-refractivity contribution in [2.75, 3.05) is 0 Å². The molecular weight excluding hydrogens is 262 g/mol. The molecule has 0 saturated carbocycles. The summed E-state index contributed by atoms with van der Waals surface area (Å²) in [6, 6.07) is 10.2. The molecule has 3 aromatic rings. The Balaban J connectivity index is 2.20. The Kier molecular flexibility index (Phi) is 3.16. The zero-order valence-electron chi connectivity index (χ0n) is 12.8. The number of imidazole rings is 1. The van der Waals surface area contributed by atoms with Gasteiger partial charge in [-0.25, -0.2) is 4.79 Å². The maximum absolute atomic E-state index is 12.0. The fourth-order valence-electron chi connectivity index (χ4n) is 2.63. The molecule has 0 atom stereocenters. The van der Waals surface area contributed by atoms with Gasteiger partial charge in [0.2, 0.25) is 0 Å². The lowest BCUT2D eigenvalue weighted by atomic mass is 10.0. The lowest BCUT2D eigenvalue weighted by Crippen LogP contribution is -2.19. The second kappa shape index (κ2) is 4.88. The van der Waals surface area contributed by atoms with Crippen LogP contribution < -0.4 is 5.69 Å². The second-order valence-corrected chi connectivity index (χ2v) is 5.73. The largest absolute Gasteiger partial charge is 0.328 e. The summed E-state index contributed by atoms with van der Waals surface area (Å²) in [6.07, 6.45) is 1.85. The average Bonchev–Trinajstić information content (AvgIpc) is 2.72. The van der Waals surface area contributed by atoms with Crippen LogP contribution in [0, 0.1) is 0 Å². The molecular formula is C17H19N3O. The molecule has 0 unspecified atom stereocenters. The van der Waals surface area contributed by atoms with E-state index in [0.717, 1.165) is 22.3 Å². The number of rotatable bonds is 2. The van der Waals surface area contributed by atoms with E-state index in [1.807, 2.05) is 30.5 Å². The monoisotopic (exact) mass is 281 g/mol. The highest BCUT2D eigenvalue weighted by Crippen LogP contribution is 2.24. The van der Waals surface area contributed by atoms with Crippen LogP contribution in [-0.2, 0) is 14.1 Å². The smallest absolute Gasteiger partial charge is 0.295 e. The number of pyridine rings is 1. The quantitative estimate of drug-likeness (QED) is 0.724. The Hall–Kier alpha value is -2.36. The number of hydrogen-bond acceptors (Lipinski definition) is 2. The van der Waals surface area contributed by atoms with Gasteiger partial charge in [0.05, 0.1) is 16.7 Å². The third-order valence-corrected chi connectivity index (χ3v) is 4.02. The highest BCUT2D eigenvalue weighted by Gasteiger charge is 2.10. The van der Waals surface area contributed by atoms with E-state index in [-0.39, 0.29) is 5.69 Å². The molecule has 21 heavy (non-hydrogen) atoms. The van der Waals surface area contributed by atoms with Gasteiger partial charge in [-0.1, -0.05) is 19.9 Å². The molecule has 0 saturated heterocycles. The van der Waals surface area contributed by atoms with Crippen molar-refractivity contribution in [2.45, 2.75) is 19.8 Å². The van der Waals surface area contributed by atoms with E-state index in [1.165, 1.54) is 5.56 Å². The molecule has 4 nitrogen and oxygen atoms in total. The average molecular weight is 281 g/mol. The van der Waals surface area contributed by atoms with E-state index in [9.17, 15) is 4.79 Å². The maximum Gasteiger partial charge on any atom is 0.328 e. The van der Waals surface area contributed by atoms with Gasteiger partial charge in [0, 0.05) is 25.9 Å². The molecule has 0 aliphatic carbocycles. The van der Waals surface area contributed by atoms with Crippen molar-refractivity contribution >= 4 is 11.0 Å². The van der Waals surface area contributed by atoms with Crippen LogP contribution in [0.15, 0.2) is 41.3 Å². The molecule has 108 valence electrons. The second-order valence-electron chi connectivity index (χ2n) is 5.73. The fourth-order valence-corrected chi connectivity index (χ4v) is 2.63. The molecule has 0 aliphatic heterocycles. The minimum Gasteiger partial charge on any atom is -0.295 e. The third kappa shape index (κ3) is 2.17. The highest BCUT2D eigenvalue weighted by atomic mass is 16.1. The number of benzene rings is 1. The lowest BCUT2D eigenvalue weighted by Gasteiger charge is -2.08. The Morgan fingerprint density at radius 1 is 1.00 bits per heavy atom. The molecule has 0 radical (unpaired) electrons. The molecule has 1 aromatic carbocycles. The van der Waals surface area contributed by atoms with E-state index in [1.54, 1.807) is 23.2 Å². The van der Waals surface area contributed by atoms with Gasteiger partial charge in [-0.2, -0.15) is 0 Å². The summed E-state index contributed by atoms with van der Waals surface area (Å²) in [4.78, 5) is 16.5. The van der Waals surface area contributed by atoms with Crippen molar-refractivity contribution in [3.05, 3.63) is 52.6 Å². The number of fused-ring (bicyclic) bond motifs is 1. The van der Waals surface area contributed by atoms with Gasteiger partial charge in [0.1, 0.15) is 0 Å². The van der Waals surface area contributed by atoms with Crippen LogP contribution in [0.4, 0.5) is 0 Å². The van der Waals surface area contributed by atoms with Gasteiger partial charge < -0.3 is 0 Å². The Morgan fingerprint density at radius 2 is 1.71 bits per heavy atom. The molecule has 3 rings (SSSR count). The van der Waals surface area contributed by atoms with Crippen molar-refractivity contribution in [1.82, 2.24) is 14.1 Å². The van der Waals surface area contributed by atoms with Crippen LogP contribution in [0.5, 0.6) is 0 Å². The summed E-state index contributed by atoms with van der Waals surface area (Å²) < 4.78 is 3.34. The highest BCUT2D eigenvalue weighted by molar-refractivity contribution is 5.82. The summed E-state index contributed by atoms with van der Waals surface area (Å²) in [7, 11) is 3.59. The Morgan fingerprint density at radius 3 is 2.43 bits per heavy atom. The zero-order chi connectivity index (χ0) is 15.1. The topological polar surface area (TPSA) is 39.8 Å². The number of aromatic nitrogens is 3. The van der Waals surface area contributed by atoms with Crippen molar-refractivity contribution in [2.24, 2.45) is 14.1 Å². The molecule has 0 aliphatic rings. The summed E-state index contributed by atoms with van der Waals surface area (Å²) in [6.45, 7) is 4.34. The van der Waals surface area contributed by atoms with E-state index in [4.69, 9.17) is 0 Å². The van der Waals surface area contributed by atoms with Gasteiger partial charge in [0.15, 0.2) is 0 Å². The van der Waals surface area contributed by atoms with Crippen LogP contribution >= 0.6 is 0 Å². The summed E-state index contributed by atoms with van der Waals surface area (Å²) in [5.41, 5.74) is 5.10. The minimum atomic E-state index is -0.00830. The van der Waals surface area contributed by atoms with Crippen molar-refractivity contribution in [3.8, 4) is 11.3 Å². The maximum atomic E-state index is 12.0. The summed E-state index contributed by atoms with van der Waals surface area (Å²) in [5.74, 6) is 0.469. The summed E-state index contributed by atoms with van der Waals surface area (Å²) >= 11 is 0. The molecule has 0 fully saturated rings. The minimum absolute atomic E-state index is 0.00830. The normalized spacial score (nSPS) is 11.5. The van der Waals surface area contributed by atoms with Crippen LogP contribution in [0.2, 0.25) is 0 Å². The van der Waals surface area contributed by atoms with Gasteiger partial charge in [0.25, 0.3) is 0 Å². The van der Waals surface area contributed by atoms with Crippen LogP contribution in [0.1, 0.15) is 25.3 Å².